The number of hydrogen-bond acceptors (Lipinski definition) is 7. The molecule has 2 N–H and O–H groups in total. The highest BCUT2D eigenvalue weighted by molar-refractivity contribution is 5.75. The Balaban J connectivity index is 1.77. The number of rotatable bonds is 6. The van der Waals surface area contributed by atoms with Crippen molar-refractivity contribution in [1.82, 2.24) is 18.7 Å². The molecule has 2 aromatic carbocycles. The third-order valence-corrected chi connectivity index (χ3v) is 7.04. The van der Waals surface area contributed by atoms with Crippen LogP contribution in [-0.2, 0) is 19.6 Å². The van der Waals surface area contributed by atoms with E-state index in [-0.39, 0.29) is 36.8 Å². The van der Waals surface area contributed by atoms with Crippen LogP contribution in [0.4, 0.5) is 5.95 Å². The van der Waals surface area contributed by atoms with Gasteiger partial charge in [0.1, 0.15) is 0 Å². The fourth-order valence-electron chi connectivity index (χ4n) is 5.15. The number of imidazole rings is 1. The van der Waals surface area contributed by atoms with Gasteiger partial charge in [0.2, 0.25) is 5.95 Å². The molecule has 10 nitrogen and oxygen atoms in total. The van der Waals surface area contributed by atoms with Crippen LogP contribution in [0.3, 0.4) is 0 Å². The second-order valence-corrected chi connectivity index (χ2v) is 9.83. The fraction of sp³-hybridized carbons (Fsp3) is 0.300. The van der Waals surface area contributed by atoms with E-state index < -0.39 is 11.2 Å². The summed E-state index contributed by atoms with van der Waals surface area (Å²) < 4.78 is 4.43. The average molecular weight is 533 g/mol. The molecule has 200 valence electrons. The molecule has 0 aliphatic carbocycles. The predicted molar refractivity (Wildman–Crippen MR) is 152 cm³/mol. The number of anilines is 1. The number of hydrogen-bond donors (Lipinski definition) is 1. The van der Waals surface area contributed by atoms with E-state index >= 15 is 0 Å². The van der Waals surface area contributed by atoms with Crippen LogP contribution in [0.25, 0.3) is 11.2 Å². The van der Waals surface area contributed by atoms with Crippen molar-refractivity contribution in [3.8, 4) is 24.0 Å². The van der Waals surface area contributed by atoms with E-state index in [1.54, 1.807) is 54.0 Å². The van der Waals surface area contributed by atoms with Crippen LogP contribution in [0, 0.1) is 34.5 Å². The van der Waals surface area contributed by atoms with Crippen molar-refractivity contribution in [3.63, 3.8) is 0 Å². The zero-order chi connectivity index (χ0) is 28.2. The lowest BCUT2D eigenvalue weighted by molar-refractivity contribution is 0.496. The Kier molecular flexibility index (Phi) is 7.50. The Labute approximate surface area is 231 Å². The van der Waals surface area contributed by atoms with Crippen LogP contribution < -0.4 is 21.9 Å². The van der Waals surface area contributed by atoms with Crippen LogP contribution in [0.15, 0.2) is 58.1 Å². The van der Waals surface area contributed by atoms with Crippen molar-refractivity contribution >= 4 is 17.1 Å². The van der Waals surface area contributed by atoms with E-state index in [2.05, 4.69) is 28.9 Å². The molecule has 2 aromatic heterocycles. The van der Waals surface area contributed by atoms with Crippen molar-refractivity contribution < 1.29 is 0 Å². The van der Waals surface area contributed by atoms with Gasteiger partial charge in [-0.2, -0.15) is 15.5 Å². The van der Waals surface area contributed by atoms with Gasteiger partial charge in [0.05, 0.1) is 42.9 Å². The normalized spacial score (nSPS) is 14.8. The van der Waals surface area contributed by atoms with E-state index in [0.717, 1.165) is 24.9 Å². The standard InChI is InChI=1S/C30H28N8O2/c1-2-3-13-36-26-27(34-29(36)35-12-6-11-25(33)20-35)37(18-23-9-4-7-21(14-23)16-31)30(40)38(28(26)39)19-24-10-5-8-22(15-24)17-32/h4-5,7-10,14-15,25H,6,11-13,18-20,33H2,1H3/t25-/m1/s1. The largest absolute Gasteiger partial charge is 0.341 e. The van der Waals surface area contributed by atoms with E-state index in [9.17, 15) is 20.1 Å². The SMILES string of the molecule is CC#CCn1c(N2CCC[C@@H](N)C2)nc2c1c(=O)n(Cc1cccc(C#N)c1)c(=O)n2Cc1cccc(C#N)c1. The van der Waals surface area contributed by atoms with Gasteiger partial charge in [-0.15, -0.1) is 5.92 Å². The molecule has 0 amide bonds. The number of nitrogens with zero attached hydrogens (tertiary/aromatic N) is 7. The van der Waals surface area contributed by atoms with Crippen molar-refractivity contribution in [3.05, 3.63) is 91.6 Å². The number of benzene rings is 2. The Morgan fingerprint density at radius 3 is 2.23 bits per heavy atom. The second kappa shape index (κ2) is 11.3. The van der Waals surface area contributed by atoms with Crippen molar-refractivity contribution in [1.29, 1.82) is 10.5 Å². The highest BCUT2D eigenvalue weighted by Crippen LogP contribution is 2.24. The topological polar surface area (TPSA) is 139 Å². The summed E-state index contributed by atoms with van der Waals surface area (Å²) in [4.78, 5) is 34.9. The summed E-state index contributed by atoms with van der Waals surface area (Å²) in [5.74, 6) is 6.49. The predicted octanol–water partition coefficient (Wildman–Crippen LogP) is 2.15. The lowest BCUT2D eigenvalue weighted by Gasteiger charge is -2.31. The molecule has 1 atom stereocenters. The zero-order valence-electron chi connectivity index (χ0n) is 22.2. The number of fused-ring (bicyclic) bond motifs is 1. The summed E-state index contributed by atoms with van der Waals surface area (Å²) in [5, 5.41) is 18.7. The van der Waals surface area contributed by atoms with E-state index in [1.165, 1.54) is 9.13 Å². The van der Waals surface area contributed by atoms with Gasteiger partial charge in [0, 0.05) is 19.1 Å². The smallest absolute Gasteiger partial charge is 0.333 e. The molecule has 0 bridgehead atoms. The van der Waals surface area contributed by atoms with Crippen LogP contribution in [-0.4, -0.2) is 37.8 Å². The van der Waals surface area contributed by atoms with Gasteiger partial charge in [-0.25, -0.2) is 4.79 Å². The summed E-state index contributed by atoms with van der Waals surface area (Å²) in [6, 6.07) is 18.0. The molecule has 1 saturated heterocycles. The third kappa shape index (κ3) is 5.11. The van der Waals surface area contributed by atoms with Crippen molar-refractivity contribution in [2.45, 2.75) is 45.4 Å². The Bertz CT molecular complexity index is 1860. The van der Waals surface area contributed by atoms with Crippen LogP contribution >= 0.6 is 0 Å². The molecule has 1 aliphatic heterocycles. The molecule has 3 heterocycles. The minimum absolute atomic E-state index is 0.0179. The summed E-state index contributed by atoms with van der Waals surface area (Å²) in [7, 11) is 0. The Morgan fingerprint density at radius 1 is 0.975 bits per heavy atom. The maximum Gasteiger partial charge on any atom is 0.333 e. The van der Waals surface area contributed by atoms with Crippen LogP contribution in [0.2, 0.25) is 0 Å². The van der Waals surface area contributed by atoms with Gasteiger partial charge in [-0.3, -0.25) is 18.5 Å². The molecule has 5 rings (SSSR count). The monoisotopic (exact) mass is 532 g/mol. The molecule has 1 aliphatic rings. The molecule has 0 radical (unpaired) electrons. The first-order valence-corrected chi connectivity index (χ1v) is 13.1. The summed E-state index contributed by atoms with van der Waals surface area (Å²) >= 11 is 0. The van der Waals surface area contributed by atoms with Gasteiger partial charge in [-0.1, -0.05) is 30.2 Å². The highest BCUT2D eigenvalue weighted by Gasteiger charge is 2.27. The fourth-order valence-corrected chi connectivity index (χ4v) is 5.15. The molecule has 40 heavy (non-hydrogen) atoms. The lowest BCUT2D eigenvalue weighted by atomic mass is 10.1. The molecule has 1 fully saturated rings. The molecule has 0 unspecified atom stereocenters. The number of aromatic nitrogens is 4. The molecule has 0 spiro atoms. The van der Waals surface area contributed by atoms with Gasteiger partial charge in [-0.05, 0) is 55.2 Å². The minimum atomic E-state index is -0.532. The summed E-state index contributed by atoms with van der Waals surface area (Å²) in [6.45, 7) is 3.34. The Hall–Kier alpha value is -5.11. The Morgan fingerprint density at radius 2 is 1.62 bits per heavy atom. The molecule has 10 heteroatoms. The van der Waals surface area contributed by atoms with Gasteiger partial charge >= 0.3 is 5.69 Å². The van der Waals surface area contributed by atoms with Crippen molar-refractivity contribution in [2.75, 3.05) is 18.0 Å². The molecule has 4 aromatic rings. The number of nitrogens with two attached hydrogens (primary N) is 1. The van der Waals surface area contributed by atoms with E-state index in [0.29, 0.717) is 29.2 Å². The summed E-state index contributed by atoms with van der Waals surface area (Å²) in [5.41, 5.74) is 8.07. The number of piperidine rings is 1. The average Bonchev–Trinajstić information content (AvgIpc) is 3.36. The van der Waals surface area contributed by atoms with Crippen molar-refractivity contribution in [2.24, 2.45) is 5.73 Å². The first-order valence-electron chi connectivity index (χ1n) is 13.1. The van der Waals surface area contributed by atoms with Crippen LogP contribution in [0.5, 0.6) is 0 Å². The first kappa shape index (κ1) is 26.5. The second-order valence-electron chi connectivity index (χ2n) is 9.83. The summed E-state index contributed by atoms with van der Waals surface area (Å²) in [6.07, 6.45) is 1.79. The third-order valence-electron chi connectivity index (χ3n) is 7.04. The quantitative estimate of drug-likeness (QED) is 0.376. The van der Waals surface area contributed by atoms with Crippen LogP contribution in [0.1, 0.15) is 42.0 Å². The van der Waals surface area contributed by atoms with Gasteiger partial charge in [0.25, 0.3) is 5.56 Å². The molecule has 0 saturated carbocycles. The van der Waals surface area contributed by atoms with Gasteiger partial charge < -0.3 is 10.6 Å². The molecular weight excluding hydrogens is 504 g/mol. The number of nitriles is 2. The lowest BCUT2D eigenvalue weighted by Crippen LogP contribution is -2.44. The maximum atomic E-state index is 14.0. The first-order chi connectivity index (χ1) is 19.4. The minimum Gasteiger partial charge on any atom is -0.341 e. The maximum absolute atomic E-state index is 14.0. The van der Waals surface area contributed by atoms with Gasteiger partial charge in [0.15, 0.2) is 11.2 Å². The van der Waals surface area contributed by atoms with E-state index in [4.69, 9.17) is 10.7 Å². The molecular formula is C30H28N8O2. The highest BCUT2D eigenvalue weighted by atomic mass is 16.2. The zero-order valence-corrected chi connectivity index (χ0v) is 22.2. The van der Waals surface area contributed by atoms with E-state index in [1.807, 2.05) is 6.07 Å².